The quantitative estimate of drug-likeness (QED) is 0.309. The summed E-state index contributed by atoms with van der Waals surface area (Å²) in [6.07, 6.45) is 4.30. The van der Waals surface area contributed by atoms with Gasteiger partial charge in [0.2, 0.25) is 13.1 Å². The van der Waals surface area contributed by atoms with Crippen molar-refractivity contribution < 1.29 is 38.3 Å². The zero-order chi connectivity index (χ0) is 26.3. The summed E-state index contributed by atoms with van der Waals surface area (Å²) in [6, 6.07) is 11.6. The molecule has 2 aliphatic heterocycles. The maximum absolute atomic E-state index is 13.1. The number of hydrogen-bond acceptors (Lipinski definition) is 8. The molecule has 3 aromatic rings. The average Bonchev–Trinajstić information content (AvgIpc) is 3.59. The molecule has 0 spiro atoms. The summed E-state index contributed by atoms with van der Waals surface area (Å²) in [5.74, 6) is 1.94. The van der Waals surface area contributed by atoms with Crippen molar-refractivity contribution in [3.05, 3.63) is 65.6 Å². The third-order valence-corrected chi connectivity index (χ3v) is 6.53. The lowest BCUT2D eigenvalue weighted by atomic mass is 9.92. The highest BCUT2D eigenvalue weighted by atomic mass is 16.7. The molecular weight excluding hydrogens is 492 g/mol. The van der Waals surface area contributed by atoms with Crippen molar-refractivity contribution in [1.29, 1.82) is 0 Å². The van der Waals surface area contributed by atoms with Crippen LogP contribution in [0, 0.1) is 0 Å². The number of aliphatic hydroxyl groups is 1. The highest BCUT2D eigenvalue weighted by Gasteiger charge is 2.29. The van der Waals surface area contributed by atoms with Crippen molar-refractivity contribution in [2.24, 2.45) is 0 Å². The number of benzene rings is 2. The summed E-state index contributed by atoms with van der Waals surface area (Å²) in [5, 5.41) is 12.9. The van der Waals surface area contributed by atoms with Crippen molar-refractivity contribution in [2.75, 3.05) is 46.9 Å². The van der Waals surface area contributed by atoms with Crippen molar-refractivity contribution in [3.63, 3.8) is 0 Å². The minimum Gasteiger partial charge on any atom is -0.497 e. The lowest BCUT2D eigenvalue weighted by Crippen LogP contribution is -2.34. The molecule has 2 aromatic carbocycles. The number of amides is 1. The first-order valence-electron chi connectivity index (χ1n) is 12.6. The van der Waals surface area contributed by atoms with E-state index in [4.69, 9.17) is 33.5 Å². The Morgan fingerprint density at radius 2 is 2.03 bits per heavy atom. The highest BCUT2D eigenvalue weighted by Crippen LogP contribution is 2.38. The first kappa shape index (κ1) is 25.9. The lowest BCUT2D eigenvalue weighted by molar-refractivity contribution is -0.151. The number of allylic oxidation sites excluding steroid dienone is 1. The Balaban J connectivity index is 1.25. The Morgan fingerprint density at radius 3 is 2.89 bits per heavy atom. The predicted molar refractivity (Wildman–Crippen MR) is 138 cm³/mol. The van der Waals surface area contributed by atoms with Gasteiger partial charge in [-0.2, -0.15) is 0 Å². The predicted octanol–water partition coefficient (Wildman–Crippen LogP) is 3.00. The van der Waals surface area contributed by atoms with Gasteiger partial charge in [-0.1, -0.05) is 6.07 Å². The fourth-order valence-corrected chi connectivity index (χ4v) is 4.59. The second-order valence-electron chi connectivity index (χ2n) is 8.97. The van der Waals surface area contributed by atoms with Gasteiger partial charge in [-0.05, 0) is 54.0 Å². The van der Waals surface area contributed by atoms with Gasteiger partial charge in [0.1, 0.15) is 5.75 Å². The normalized spacial score (nSPS) is 18.2. The summed E-state index contributed by atoms with van der Waals surface area (Å²) >= 11 is 0. The number of carbonyl (C=O) groups excluding carboxylic acids is 1. The number of aromatic amines is 1. The van der Waals surface area contributed by atoms with Crippen LogP contribution in [-0.4, -0.2) is 69.2 Å². The molecule has 3 heterocycles. The zero-order valence-electron chi connectivity index (χ0n) is 21.2. The Labute approximate surface area is 220 Å². The number of H-pyrrole nitrogens is 1. The van der Waals surface area contributed by atoms with Gasteiger partial charge in [0.05, 0.1) is 33.5 Å². The Bertz CT molecular complexity index is 1290. The van der Waals surface area contributed by atoms with Crippen LogP contribution in [0.3, 0.4) is 0 Å². The molecule has 0 fully saturated rings. The van der Waals surface area contributed by atoms with Gasteiger partial charge in [0.15, 0.2) is 17.3 Å². The van der Waals surface area contributed by atoms with Gasteiger partial charge in [0.25, 0.3) is 5.91 Å². The van der Waals surface area contributed by atoms with E-state index in [0.29, 0.717) is 37.5 Å². The van der Waals surface area contributed by atoms with E-state index < -0.39 is 6.29 Å². The van der Waals surface area contributed by atoms with E-state index in [9.17, 15) is 4.79 Å². The molecule has 0 radical (unpaired) electrons. The van der Waals surface area contributed by atoms with Crippen LogP contribution in [0.2, 0.25) is 0 Å². The van der Waals surface area contributed by atoms with Crippen molar-refractivity contribution in [1.82, 2.24) is 10.3 Å². The van der Waals surface area contributed by atoms with Crippen LogP contribution in [0.15, 0.2) is 54.4 Å². The van der Waals surface area contributed by atoms with E-state index in [1.165, 1.54) is 0 Å². The van der Waals surface area contributed by atoms with E-state index in [0.717, 1.165) is 27.8 Å². The molecule has 2 unspecified atom stereocenters. The molecule has 10 nitrogen and oxygen atoms in total. The van der Waals surface area contributed by atoms with Crippen molar-refractivity contribution in [3.8, 4) is 17.2 Å². The number of hydrogen-bond donors (Lipinski definition) is 3. The molecule has 1 amide bonds. The molecule has 2 aliphatic rings. The van der Waals surface area contributed by atoms with Crippen LogP contribution in [-0.2, 0) is 25.4 Å². The van der Waals surface area contributed by atoms with Gasteiger partial charge in [-0.25, -0.2) is 0 Å². The van der Waals surface area contributed by atoms with Crippen LogP contribution in [0.4, 0.5) is 0 Å². The maximum atomic E-state index is 13.1. The third kappa shape index (κ3) is 6.04. The molecule has 0 saturated heterocycles. The van der Waals surface area contributed by atoms with Crippen molar-refractivity contribution in [2.45, 2.75) is 25.0 Å². The van der Waals surface area contributed by atoms with Gasteiger partial charge < -0.3 is 43.8 Å². The Morgan fingerprint density at radius 1 is 1.13 bits per heavy atom. The van der Waals surface area contributed by atoms with Crippen molar-refractivity contribution >= 4 is 16.8 Å². The number of carbonyl (C=O) groups is 1. The van der Waals surface area contributed by atoms with Gasteiger partial charge in [-0.3, -0.25) is 4.79 Å². The maximum Gasteiger partial charge on any atom is 0.286 e. The molecule has 5 rings (SSSR count). The fourth-order valence-electron chi connectivity index (χ4n) is 4.59. The number of fused-ring (bicyclic) bond motifs is 2. The Kier molecular flexibility index (Phi) is 8.32. The number of aromatic nitrogens is 1. The van der Waals surface area contributed by atoms with E-state index in [1.54, 1.807) is 7.11 Å². The highest BCUT2D eigenvalue weighted by molar-refractivity contribution is 5.92. The fraction of sp³-hybridized carbons (Fsp3) is 0.393. The van der Waals surface area contributed by atoms with E-state index in [1.807, 2.05) is 48.7 Å². The molecule has 0 saturated carbocycles. The van der Waals surface area contributed by atoms with E-state index >= 15 is 0 Å². The monoisotopic (exact) mass is 524 g/mol. The topological polar surface area (TPSA) is 121 Å². The van der Waals surface area contributed by atoms with Crippen LogP contribution in [0.5, 0.6) is 17.2 Å². The second kappa shape index (κ2) is 12.2. The number of methoxy groups -OCH3 is 1. The summed E-state index contributed by atoms with van der Waals surface area (Å²) in [4.78, 5) is 16.4. The Hall–Kier alpha value is -3.73. The molecule has 3 N–H and O–H groups in total. The van der Waals surface area contributed by atoms with Crippen LogP contribution >= 0.6 is 0 Å². The molecule has 38 heavy (non-hydrogen) atoms. The van der Waals surface area contributed by atoms with Gasteiger partial charge in [0, 0.05) is 36.0 Å². The van der Waals surface area contributed by atoms with Crippen LogP contribution in [0.1, 0.15) is 23.5 Å². The SMILES string of the molecule is COc1ccc2[nH]cc(CCNC(=O)C3=CC(c4ccc5c(c4)OCO5)CC(OCCOCCO)O3)c2c1. The molecule has 10 heteroatoms. The second-order valence-corrected chi connectivity index (χ2v) is 8.97. The molecule has 0 bridgehead atoms. The minimum absolute atomic E-state index is 0.0503. The molecule has 0 aliphatic carbocycles. The molecule has 202 valence electrons. The number of ether oxygens (including phenoxy) is 6. The number of rotatable bonds is 12. The third-order valence-electron chi connectivity index (χ3n) is 6.53. The summed E-state index contributed by atoms with van der Waals surface area (Å²) in [5.41, 5.74) is 3.07. The lowest BCUT2D eigenvalue weighted by Gasteiger charge is -2.29. The zero-order valence-corrected chi connectivity index (χ0v) is 21.2. The number of nitrogens with one attached hydrogen (secondary N) is 2. The molecular formula is C28H32N2O8. The first-order chi connectivity index (χ1) is 18.6. The van der Waals surface area contributed by atoms with Gasteiger partial charge in [-0.15, -0.1) is 0 Å². The average molecular weight is 525 g/mol. The number of aliphatic hydroxyl groups excluding tert-OH is 1. The molecule has 1 aromatic heterocycles. The standard InChI is InChI=1S/C28H32N2O8/c1-33-21-3-4-23-22(15-21)19(16-30-23)6-7-29-28(32)26-13-20(14-27(38-26)35-11-10-34-9-8-31)18-2-5-24-25(12-18)37-17-36-24/h2-5,12-13,15-16,20,27,30-31H,6-11,14,17H2,1H3,(H,29,32). The summed E-state index contributed by atoms with van der Waals surface area (Å²) < 4.78 is 33.4. The van der Waals surface area contributed by atoms with Crippen LogP contribution < -0.4 is 19.5 Å². The van der Waals surface area contributed by atoms with E-state index in [-0.39, 0.29) is 44.2 Å². The summed E-state index contributed by atoms with van der Waals surface area (Å²) in [7, 11) is 1.64. The molecule has 2 atom stereocenters. The minimum atomic E-state index is -0.630. The first-order valence-corrected chi connectivity index (χ1v) is 12.6. The smallest absolute Gasteiger partial charge is 0.286 e. The van der Waals surface area contributed by atoms with Crippen LogP contribution in [0.25, 0.3) is 10.9 Å². The largest absolute Gasteiger partial charge is 0.497 e. The van der Waals surface area contributed by atoms with E-state index in [2.05, 4.69) is 10.3 Å². The van der Waals surface area contributed by atoms with Gasteiger partial charge >= 0.3 is 0 Å². The summed E-state index contributed by atoms with van der Waals surface area (Å²) in [6.45, 7) is 1.40.